The van der Waals surface area contributed by atoms with E-state index in [-0.39, 0.29) is 5.91 Å². The van der Waals surface area contributed by atoms with Gasteiger partial charge in [-0.3, -0.25) is 4.79 Å². The summed E-state index contributed by atoms with van der Waals surface area (Å²) in [5, 5.41) is 11.7. The Kier molecular flexibility index (Phi) is 4.04. The van der Waals surface area contributed by atoms with Crippen molar-refractivity contribution in [2.75, 3.05) is 5.75 Å². The molecule has 1 saturated heterocycles. The number of amidine groups is 1. The zero-order valence-corrected chi connectivity index (χ0v) is 10.8. The van der Waals surface area contributed by atoms with Gasteiger partial charge < -0.3 is 5.32 Å². The van der Waals surface area contributed by atoms with Gasteiger partial charge in [0.05, 0.1) is 22.0 Å². The largest absolute Gasteiger partial charge is 0.303 e. The van der Waals surface area contributed by atoms with Crippen LogP contribution in [0.1, 0.15) is 5.56 Å². The van der Waals surface area contributed by atoms with Crippen LogP contribution in [-0.2, 0) is 4.79 Å². The van der Waals surface area contributed by atoms with Crippen molar-refractivity contribution < 1.29 is 4.79 Å². The lowest BCUT2D eigenvalue weighted by molar-refractivity contribution is -0.116. The summed E-state index contributed by atoms with van der Waals surface area (Å²) in [6.45, 7) is 0. The number of carbonyl (C=O) groups is 1. The van der Waals surface area contributed by atoms with Crippen LogP contribution in [0.3, 0.4) is 0 Å². The summed E-state index contributed by atoms with van der Waals surface area (Å²) in [6, 6.07) is 5.18. The van der Waals surface area contributed by atoms with Crippen LogP contribution in [0.4, 0.5) is 0 Å². The standard InChI is InChI=1S/C10H7Cl2N3OS/c11-7-2-1-3-8(12)6(7)4-13-15-10-14-9(16)5-17-10/h1-4H,5H2,(H,14,15,16). The summed E-state index contributed by atoms with van der Waals surface area (Å²) in [7, 11) is 0. The van der Waals surface area contributed by atoms with Gasteiger partial charge in [-0.15, -0.1) is 5.10 Å². The van der Waals surface area contributed by atoms with Crippen LogP contribution >= 0.6 is 35.0 Å². The van der Waals surface area contributed by atoms with Crippen molar-refractivity contribution in [1.82, 2.24) is 5.32 Å². The summed E-state index contributed by atoms with van der Waals surface area (Å²) < 4.78 is 0. The molecule has 4 nitrogen and oxygen atoms in total. The molecule has 1 aromatic rings. The van der Waals surface area contributed by atoms with Gasteiger partial charge in [-0.2, -0.15) is 5.10 Å². The van der Waals surface area contributed by atoms with Gasteiger partial charge in [0.1, 0.15) is 0 Å². The third-order valence-corrected chi connectivity index (χ3v) is 3.44. The predicted molar refractivity (Wildman–Crippen MR) is 72.1 cm³/mol. The second-order valence-corrected chi connectivity index (χ2v) is 4.90. The molecule has 0 aliphatic carbocycles. The molecule has 0 aromatic heterocycles. The van der Waals surface area contributed by atoms with Gasteiger partial charge in [0.25, 0.3) is 0 Å². The number of hydrogen-bond donors (Lipinski definition) is 1. The summed E-state index contributed by atoms with van der Waals surface area (Å²) in [4.78, 5) is 10.9. The molecular weight excluding hydrogens is 281 g/mol. The van der Waals surface area contributed by atoms with Crippen LogP contribution in [0.2, 0.25) is 10.0 Å². The summed E-state index contributed by atoms with van der Waals surface area (Å²) in [5.41, 5.74) is 0.606. The molecule has 1 N–H and O–H groups in total. The lowest BCUT2D eigenvalue weighted by Gasteiger charge is -1.98. The first-order valence-corrected chi connectivity index (χ1v) is 6.38. The molecule has 0 unspecified atom stereocenters. The fourth-order valence-electron chi connectivity index (χ4n) is 1.15. The van der Waals surface area contributed by atoms with Crippen molar-refractivity contribution in [3.8, 4) is 0 Å². The molecule has 0 atom stereocenters. The van der Waals surface area contributed by atoms with Crippen LogP contribution in [0.5, 0.6) is 0 Å². The van der Waals surface area contributed by atoms with Gasteiger partial charge in [0.2, 0.25) is 5.91 Å². The van der Waals surface area contributed by atoms with E-state index in [9.17, 15) is 4.79 Å². The molecule has 1 fully saturated rings. The quantitative estimate of drug-likeness (QED) is 0.671. The van der Waals surface area contributed by atoms with Gasteiger partial charge in [0, 0.05) is 5.56 Å². The first kappa shape index (κ1) is 12.4. The van der Waals surface area contributed by atoms with Crippen molar-refractivity contribution in [2.45, 2.75) is 0 Å². The molecule has 1 heterocycles. The minimum absolute atomic E-state index is 0.0697. The van der Waals surface area contributed by atoms with Crippen LogP contribution < -0.4 is 5.32 Å². The average molecular weight is 288 g/mol. The highest BCUT2D eigenvalue weighted by atomic mass is 35.5. The van der Waals surface area contributed by atoms with Crippen molar-refractivity contribution in [3.05, 3.63) is 33.8 Å². The molecule has 0 radical (unpaired) electrons. The number of carbonyl (C=O) groups excluding carboxylic acids is 1. The summed E-state index contributed by atoms with van der Waals surface area (Å²) in [6.07, 6.45) is 1.46. The number of hydrogen-bond acceptors (Lipinski definition) is 4. The van der Waals surface area contributed by atoms with Crippen LogP contribution in [-0.4, -0.2) is 23.0 Å². The Morgan fingerprint density at radius 1 is 1.35 bits per heavy atom. The predicted octanol–water partition coefficient (Wildman–Crippen LogP) is 2.55. The first-order valence-electron chi connectivity index (χ1n) is 4.64. The maximum Gasteiger partial charge on any atom is 0.236 e. The van der Waals surface area contributed by atoms with E-state index in [0.29, 0.717) is 26.5 Å². The minimum Gasteiger partial charge on any atom is -0.303 e. The van der Waals surface area contributed by atoms with E-state index in [4.69, 9.17) is 23.2 Å². The minimum atomic E-state index is -0.0697. The highest BCUT2D eigenvalue weighted by Gasteiger charge is 2.15. The molecule has 17 heavy (non-hydrogen) atoms. The van der Waals surface area contributed by atoms with Crippen LogP contribution in [0.25, 0.3) is 0 Å². The highest BCUT2D eigenvalue weighted by Crippen LogP contribution is 2.22. The molecule has 1 aliphatic rings. The molecule has 88 valence electrons. The molecule has 1 aromatic carbocycles. The number of nitrogens with one attached hydrogen (secondary N) is 1. The zero-order valence-electron chi connectivity index (χ0n) is 8.48. The lowest BCUT2D eigenvalue weighted by Crippen LogP contribution is -2.19. The zero-order chi connectivity index (χ0) is 12.3. The van der Waals surface area contributed by atoms with Crippen molar-refractivity contribution in [3.63, 3.8) is 0 Å². The van der Waals surface area contributed by atoms with E-state index in [1.165, 1.54) is 18.0 Å². The van der Waals surface area contributed by atoms with E-state index in [2.05, 4.69) is 15.5 Å². The topological polar surface area (TPSA) is 53.8 Å². The lowest BCUT2D eigenvalue weighted by atomic mass is 10.2. The van der Waals surface area contributed by atoms with E-state index < -0.39 is 0 Å². The Balaban J connectivity index is 2.13. The summed E-state index contributed by atoms with van der Waals surface area (Å²) >= 11 is 13.2. The maximum absolute atomic E-state index is 10.9. The van der Waals surface area contributed by atoms with E-state index in [1.807, 2.05) is 0 Å². The molecule has 2 rings (SSSR count). The second kappa shape index (κ2) is 5.53. The van der Waals surface area contributed by atoms with Crippen molar-refractivity contribution >= 4 is 52.3 Å². The van der Waals surface area contributed by atoms with Gasteiger partial charge in [-0.05, 0) is 12.1 Å². The highest BCUT2D eigenvalue weighted by molar-refractivity contribution is 8.15. The molecule has 0 saturated carbocycles. The number of thioether (sulfide) groups is 1. The Bertz CT molecular complexity index is 496. The number of nitrogens with zero attached hydrogens (tertiary/aromatic N) is 2. The maximum atomic E-state index is 10.9. The molecule has 0 bridgehead atoms. The third kappa shape index (κ3) is 3.21. The Labute approximate surface area is 112 Å². The molecule has 0 spiro atoms. The Morgan fingerprint density at radius 2 is 2.06 bits per heavy atom. The number of benzene rings is 1. The monoisotopic (exact) mass is 287 g/mol. The van der Waals surface area contributed by atoms with E-state index >= 15 is 0 Å². The first-order chi connectivity index (χ1) is 8.16. The van der Waals surface area contributed by atoms with E-state index in [1.54, 1.807) is 18.2 Å². The fraction of sp³-hybridized carbons (Fsp3) is 0.100. The molecular formula is C10H7Cl2N3OS. The summed E-state index contributed by atoms with van der Waals surface area (Å²) in [5.74, 6) is 0.306. The Morgan fingerprint density at radius 3 is 2.65 bits per heavy atom. The molecule has 1 aliphatic heterocycles. The van der Waals surface area contributed by atoms with Gasteiger partial charge in [0.15, 0.2) is 5.17 Å². The molecule has 7 heteroatoms. The van der Waals surface area contributed by atoms with E-state index in [0.717, 1.165) is 0 Å². The van der Waals surface area contributed by atoms with Crippen LogP contribution in [0, 0.1) is 0 Å². The smallest absolute Gasteiger partial charge is 0.236 e. The third-order valence-electron chi connectivity index (χ3n) is 1.92. The van der Waals surface area contributed by atoms with Gasteiger partial charge >= 0.3 is 0 Å². The second-order valence-electron chi connectivity index (χ2n) is 3.12. The number of halogens is 2. The number of amides is 1. The molecule has 1 amide bonds. The fourth-order valence-corrected chi connectivity index (χ4v) is 2.28. The normalized spacial score (nSPS) is 18.0. The SMILES string of the molecule is O=C1CS/C(=N\N=Cc2c(Cl)cccc2Cl)N1. The number of rotatable bonds is 2. The van der Waals surface area contributed by atoms with Gasteiger partial charge in [-0.1, -0.05) is 41.0 Å². The van der Waals surface area contributed by atoms with Crippen molar-refractivity contribution in [1.29, 1.82) is 0 Å². The van der Waals surface area contributed by atoms with Gasteiger partial charge in [-0.25, -0.2) is 0 Å². The average Bonchev–Trinajstić information content (AvgIpc) is 2.69. The van der Waals surface area contributed by atoms with Crippen molar-refractivity contribution in [2.24, 2.45) is 10.2 Å². The Hall–Kier alpha value is -1.04. The van der Waals surface area contributed by atoms with Crippen LogP contribution in [0.15, 0.2) is 28.4 Å².